The first-order chi connectivity index (χ1) is 10.1. The van der Waals surface area contributed by atoms with Gasteiger partial charge in [0.05, 0.1) is 5.02 Å². The van der Waals surface area contributed by atoms with Gasteiger partial charge in [0.1, 0.15) is 5.82 Å². The van der Waals surface area contributed by atoms with E-state index in [-0.39, 0.29) is 10.9 Å². The summed E-state index contributed by atoms with van der Waals surface area (Å²) in [6, 6.07) is 11.5. The summed E-state index contributed by atoms with van der Waals surface area (Å²) in [5.41, 5.74) is 2.03. The Morgan fingerprint density at radius 1 is 1.24 bits per heavy atom. The maximum absolute atomic E-state index is 13.1. The second-order valence-corrected chi connectivity index (χ2v) is 5.00. The predicted molar refractivity (Wildman–Crippen MR) is 83.4 cm³/mol. The molecular weight excluding hydrogens is 291 g/mol. The molecule has 0 radical (unpaired) electrons. The SMILES string of the molecule is CNCCc1ccccc1C(=O)Nc1ccc(F)c(Cl)c1. The molecule has 0 saturated heterocycles. The highest BCUT2D eigenvalue weighted by Crippen LogP contribution is 2.20. The third-order valence-electron chi connectivity index (χ3n) is 3.08. The third-order valence-corrected chi connectivity index (χ3v) is 3.37. The van der Waals surface area contributed by atoms with E-state index in [0.29, 0.717) is 11.3 Å². The molecule has 0 fully saturated rings. The number of anilines is 1. The highest BCUT2D eigenvalue weighted by Gasteiger charge is 2.11. The van der Waals surface area contributed by atoms with Gasteiger partial charge in [-0.1, -0.05) is 29.8 Å². The Balaban J connectivity index is 2.18. The molecule has 1 amide bonds. The lowest BCUT2D eigenvalue weighted by atomic mass is 10.0. The summed E-state index contributed by atoms with van der Waals surface area (Å²) in [4.78, 5) is 12.3. The molecule has 0 heterocycles. The number of amides is 1. The highest BCUT2D eigenvalue weighted by atomic mass is 35.5. The smallest absolute Gasteiger partial charge is 0.255 e. The molecule has 0 aromatic heterocycles. The molecule has 0 bridgehead atoms. The second-order valence-electron chi connectivity index (χ2n) is 4.59. The van der Waals surface area contributed by atoms with Crippen molar-refractivity contribution in [1.29, 1.82) is 0 Å². The fraction of sp³-hybridized carbons (Fsp3) is 0.188. The van der Waals surface area contributed by atoms with Crippen LogP contribution in [0.2, 0.25) is 5.02 Å². The van der Waals surface area contributed by atoms with Crippen LogP contribution in [0.4, 0.5) is 10.1 Å². The zero-order valence-electron chi connectivity index (χ0n) is 11.6. The minimum absolute atomic E-state index is 0.0173. The first-order valence-corrected chi connectivity index (χ1v) is 6.98. The Morgan fingerprint density at radius 2 is 2.00 bits per heavy atom. The van der Waals surface area contributed by atoms with E-state index in [0.717, 1.165) is 18.5 Å². The van der Waals surface area contributed by atoms with Gasteiger partial charge in [-0.15, -0.1) is 0 Å². The zero-order valence-corrected chi connectivity index (χ0v) is 12.4. The van der Waals surface area contributed by atoms with Crippen molar-refractivity contribution in [2.24, 2.45) is 0 Å². The first kappa shape index (κ1) is 15.5. The molecule has 0 aliphatic carbocycles. The standard InChI is InChI=1S/C16H16ClFN2O/c1-19-9-8-11-4-2-3-5-13(11)16(21)20-12-6-7-15(18)14(17)10-12/h2-7,10,19H,8-9H2,1H3,(H,20,21). The van der Waals surface area contributed by atoms with Gasteiger partial charge in [0, 0.05) is 11.3 Å². The van der Waals surface area contributed by atoms with Crippen LogP contribution >= 0.6 is 11.6 Å². The van der Waals surface area contributed by atoms with Gasteiger partial charge in [-0.2, -0.15) is 0 Å². The molecule has 2 rings (SSSR count). The van der Waals surface area contributed by atoms with Crippen LogP contribution in [0.15, 0.2) is 42.5 Å². The number of nitrogens with one attached hydrogen (secondary N) is 2. The Kier molecular flexibility index (Phi) is 5.31. The Labute approximate surface area is 128 Å². The Hall–Kier alpha value is -1.91. The average Bonchev–Trinajstić information content (AvgIpc) is 2.49. The molecule has 21 heavy (non-hydrogen) atoms. The van der Waals surface area contributed by atoms with Crippen molar-refractivity contribution >= 4 is 23.2 Å². The number of hydrogen-bond acceptors (Lipinski definition) is 2. The fourth-order valence-corrected chi connectivity index (χ4v) is 2.17. The maximum atomic E-state index is 13.1. The lowest BCUT2D eigenvalue weighted by Crippen LogP contribution is -2.17. The van der Waals surface area contributed by atoms with Crippen molar-refractivity contribution in [1.82, 2.24) is 5.32 Å². The van der Waals surface area contributed by atoms with Gasteiger partial charge in [-0.05, 0) is 49.8 Å². The van der Waals surface area contributed by atoms with Crippen LogP contribution in [0.3, 0.4) is 0 Å². The zero-order chi connectivity index (χ0) is 15.2. The number of carbonyl (C=O) groups is 1. The summed E-state index contributed by atoms with van der Waals surface area (Å²) in [7, 11) is 1.86. The number of likely N-dealkylation sites (N-methyl/N-ethyl adjacent to an activating group) is 1. The topological polar surface area (TPSA) is 41.1 Å². The van der Waals surface area contributed by atoms with E-state index in [4.69, 9.17) is 11.6 Å². The van der Waals surface area contributed by atoms with E-state index in [1.54, 1.807) is 6.07 Å². The monoisotopic (exact) mass is 306 g/mol. The molecule has 0 saturated carbocycles. The lowest BCUT2D eigenvalue weighted by molar-refractivity contribution is 0.102. The average molecular weight is 307 g/mol. The van der Waals surface area contributed by atoms with E-state index in [1.807, 2.05) is 25.2 Å². The molecule has 0 aliphatic rings. The third kappa shape index (κ3) is 4.03. The number of benzene rings is 2. The highest BCUT2D eigenvalue weighted by molar-refractivity contribution is 6.31. The summed E-state index contributed by atoms with van der Waals surface area (Å²) in [6.45, 7) is 0.784. The van der Waals surface area contributed by atoms with Gasteiger partial charge in [-0.3, -0.25) is 4.79 Å². The van der Waals surface area contributed by atoms with Crippen molar-refractivity contribution < 1.29 is 9.18 Å². The summed E-state index contributed by atoms with van der Waals surface area (Å²) in [5.74, 6) is -0.742. The molecule has 0 aliphatic heterocycles. The molecule has 2 N–H and O–H groups in total. The van der Waals surface area contributed by atoms with Crippen LogP contribution in [-0.4, -0.2) is 19.5 Å². The minimum Gasteiger partial charge on any atom is -0.322 e. The van der Waals surface area contributed by atoms with Gasteiger partial charge in [0.2, 0.25) is 0 Å². The maximum Gasteiger partial charge on any atom is 0.255 e. The summed E-state index contributed by atoms with van der Waals surface area (Å²) in [6.07, 6.45) is 0.754. The van der Waals surface area contributed by atoms with Gasteiger partial charge < -0.3 is 10.6 Å². The summed E-state index contributed by atoms with van der Waals surface area (Å²) in [5, 5.41) is 5.77. The van der Waals surface area contributed by atoms with Crippen LogP contribution in [0.25, 0.3) is 0 Å². The van der Waals surface area contributed by atoms with Crippen LogP contribution in [-0.2, 0) is 6.42 Å². The quantitative estimate of drug-likeness (QED) is 0.888. The minimum atomic E-state index is -0.510. The molecule has 2 aromatic rings. The molecule has 3 nitrogen and oxygen atoms in total. The molecule has 0 spiro atoms. The van der Waals surface area contributed by atoms with Crippen molar-refractivity contribution in [3.63, 3.8) is 0 Å². The van der Waals surface area contributed by atoms with Gasteiger partial charge in [0.15, 0.2) is 0 Å². The number of carbonyl (C=O) groups excluding carboxylic acids is 1. The molecule has 0 unspecified atom stereocenters. The van der Waals surface area contributed by atoms with Crippen molar-refractivity contribution in [2.75, 3.05) is 18.9 Å². The molecule has 0 atom stereocenters. The second kappa shape index (κ2) is 7.20. The van der Waals surface area contributed by atoms with E-state index < -0.39 is 5.82 Å². The number of rotatable bonds is 5. The van der Waals surface area contributed by atoms with E-state index in [1.165, 1.54) is 18.2 Å². The molecular formula is C16H16ClFN2O. The Bertz CT molecular complexity index is 646. The van der Waals surface area contributed by atoms with Gasteiger partial charge >= 0.3 is 0 Å². The number of halogens is 2. The van der Waals surface area contributed by atoms with Crippen LogP contribution < -0.4 is 10.6 Å². The van der Waals surface area contributed by atoms with Crippen molar-refractivity contribution in [2.45, 2.75) is 6.42 Å². The van der Waals surface area contributed by atoms with Crippen molar-refractivity contribution in [3.05, 3.63) is 64.4 Å². The van der Waals surface area contributed by atoms with Gasteiger partial charge in [0.25, 0.3) is 5.91 Å². The lowest BCUT2D eigenvalue weighted by Gasteiger charge is -2.10. The van der Waals surface area contributed by atoms with E-state index in [9.17, 15) is 9.18 Å². The van der Waals surface area contributed by atoms with Crippen molar-refractivity contribution in [3.8, 4) is 0 Å². The fourth-order valence-electron chi connectivity index (χ4n) is 1.99. The first-order valence-electron chi connectivity index (χ1n) is 6.60. The van der Waals surface area contributed by atoms with E-state index >= 15 is 0 Å². The van der Waals surface area contributed by atoms with Crippen LogP contribution in [0, 0.1) is 5.82 Å². The summed E-state index contributed by atoms with van der Waals surface area (Å²) >= 11 is 5.71. The van der Waals surface area contributed by atoms with E-state index in [2.05, 4.69) is 10.6 Å². The molecule has 2 aromatic carbocycles. The molecule has 110 valence electrons. The normalized spacial score (nSPS) is 10.4. The van der Waals surface area contributed by atoms with Gasteiger partial charge in [-0.25, -0.2) is 4.39 Å². The largest absolute Gasteiger partial charge is 0.322 e. The van der Waals surface area contributed by atoms with Crippen LogP contribution in [0.1, 0.15) is 15.9 Å². The van der Waals surface area contributed by atoms with Crippen LogP contribution in [0.5, 0.6) is 0 Å². The Morgan fingerprint density at radius 3 is 2.71 bits per heavy atom. The predicted octanol–water partition coefficient (Wildman–Crippen LogP) is 3.49. The summed E-state index contributed by atoms with van der Waals surface area (Å²) < 4.78 is 13.1. The number of hydrogen-bond donors (Lipinski definition) is 2. The molecule has 5 heteroatoms.